The Bertz CT molecular complexity index is 669. The summed E-state index contributed by atoms with van der Waals surface area (Å²) in [5.41, 5.74) is 3.69. The second kappa shape index (κ2) is 7.40. The molecule has 22 heavy (non-hydrogen) atoms. The van der Waals surface area contributed by atoms with Crippen molar-refractivity contribution in [3.05, 3.63) is 40.4 Å². The summed E-state index contributed by atoms with van der Waals surface area (Å²) in [6.07, 6.45) is 3.89. The number of aryl methyl sites for hydroxylation is 1. The van der Waals surface area contributed by atoms with Gasteiger partial charge < -0.3 is 9.88 Å². The van der Waals surface area contributed by atoms with Gasteiger partial charge in [-0.15, -0.1) is 17.9 Å². The van der Waals surface area contributed by atoms with Crippen LogP contribution in [-0.4, -0.2) is 22.0 Å². The molecule has 2 rings (SSSR count). The van der Waals surface area contributed by atoms with Crippen molar-refractivity contribution in [2.45, 2.75) is 40.2 Å². The molecule has 118 valence electrons. The lowest BCUT2D eigenvalue weighted by atomic mass is 10.2. The van der Waals surface area contributed by atoms with Gasteiger partial charge in [-0.2, -0.15) is 0 Å². The monoisotopic (exact) mass is 317 g/mol. The summed E-state index contributed by atoms with van der Waals surface area (Å²) >= 11 is 1.63. The minimum absolute atomic E-state index is 0.0548. The summed E-state index contributed by atoms with van der Waals surface area (Å²) in [5.74, 6) is -0.0548. The van der Waals surface area contributed by atoms with E-state index < -0.39 is 0 Å². The Morgan fingerprint density at radius 2 is 2.27 bits per heavy atom. The molecule has 0 bridgehead atoms. The minimum atomic E-state index is -0.0548. The lowest BCUT2D eigenvalue weighted by Gasteiger charge is -2.10. The van der Waals surface area contributed by atoms with Crippen molar-refractivity contribution in [1.82, 2.24) is 14.9 Å². The van der Waals surface area contributed by atoms with Gasteiger partial charge in [0.25, 0.3) is 5.91 Å². The highest BCUT2D eigenvalue weighted by atomic mass is 32.1. The van der Waals surface area contributed by atoms with Crippen LogP contribution < -0.4 is 5.32 Å². The van der Waals surface area contributed by atoms with Crippen molar-refractivity contribution >= 4 is 17.2 Å². The highest BCUT2D eigenvalue weighted by Gasteiger charge is 2.19. The normalized spacial score (nSPS) is 10.7. The molecule has 0 aliphatic heterocycles. The van der Waals surface area contributed by atoms with Crippen molar-refractivity contribution in [3.8, 4) is 11.4 Å². The molecule has 0 radical (unpaired) electrons. The van der Waals surface area contributed by atoms with Gasteiger partial charge in [0.1, 0.15) is 0 Å². The topological polar surface area (TPSA) is 46.9 Å². The highest BCUT2D eigenvalue weighted by molar-refractivity contribution is 7.09. The fourth-order valence-electron chi connectivity index (χ4n) is 2.43. The molecule has 0 atom stereocenters. The fourth-order valence-corrected chi connectivity index (χ4v) is 3.04. The zero-order valence-electron chi connectivity index (χ0n) is 13.5. The van der Waals surface area contributed by atoms with Crippen molar-refractivity contribution < 1.29 is 4.79 Å². The van der Waals surface area contributed by atoms with Crippen LogP contribution in [0, 0.1) is 13.8 Å². The molecule has 0 fully saturated rings. The van der Waals surface area contributed by atoms with Crippen LogP contribution in [-0.2, 0) is 6.54 Å². The van der Waals surface area contributed by atoms with Crippen LogP contribution >= 0.6 is 11.3 Å². The number of hydrogen-bond acceptors (Lipinski definition) is 3. The molecule has 2 aromatic heterocycles. The van der Waals surface area contributed by atoms with Gasteiger partial charge in [0.05, 0.1) is 22.0 Å². The van der Waals surface area contributed by atoms with E-state index in [9.17, 15) is 4.79 Å². The van der Waals surface area contributed by atoms with Crippen LogP contribution in [0.2, 0.25) is 0 Å². The molecule has 0 saturated carbocycles. The van der Waals surface area contributed by atoms with Crippen LogP contribution in [0.5, 0.6) is 0 Å². The number of aromatic nitrogens is 2. The van der Waals surface area contributed by atoms with Crippen molar-refractivity contribution in [2.24, 2.45) is 0 Å². The van der Waals surface area contributed by atoms with Crippen molar-refractivity contribution in [3.63, 3.8) is 0 Å². The summed E-state index contributed by atoms with van der Waals surface area (Å²) in [4.78, 5) is 16.9. The number of carbonyl (C=O) groups is 1. The summed E-state index contributed by atoms with van der Waals surface area (Å²) in [5, 5.41) is 5.94. The number of unbranched alkanes of at least 4 members (excludes halogenated alkanes) is 1. The van der Waals surface area contributed by atoms with Crippen LogP contribution in [0.25, 0.3) is 11.4 Å². The van der Waals surface area contributed by atoms with Crippen LogP contribution in [0.1, 0.15) is 40.8 Å². The van der Waals surface area contributed by atoms with Crippen molar-refractivity contribution in [1.29, 1.82) is 0 Å². The first kappa shape index (κ1) is 16.5. The zero-order chi connectivity index (χ0) is 16.1. The average molecular weight is 317 g/mol. The van der Waals surface area contributed by atoms with E-state index in [2.05, 4.69) is 33.8 Å². The van der Waals surface area contributed by atoms with E-state index in [0.29, 0.717) is 6.54 Å². The van der Waals surface area contributed by atoms with Crippen LogP contribution in [0.15, 0.2) is 24.1 Å². The Kier molecular flexibility index (Phi) is 5.55. The quantitative estimate of drug-likeness (QED) is 0.786. The van der Waals surface area contributed by atoms with Gasteiger partial charge >= 0.3 is 0 Å². The molecule has 4 nitrogen and oxygen atoms in total. The van der Waals surface area contributed by atoms with E-state index in [1.165, 1.54) is 0 Å². The maximum absolute atomic E-state index is 12.3. The van der Waals surface area contributed by atoms with E-state index in [1.807, 2.05) is 19.9 Å². The Morgan fingerprint density at radius 1 is 1.50 bits per heavy atom. The first-order chi connectivity index (χ1) is 10.6. The number of thiazole rings is 1. The van der Waals surface area contributed by atoms with Crippen LogP contribution in [0.3, 0.4) is 0 Å². The van der Waals surface area contributed by atoms with E-state index in [1.54, 1.807) is 17.4 Å². The second-order valence-electron chi connectivity index (χ2n) is 5.28. The lowest BCUT2D eigenvalue weighted by molar-refractivity contribution is 0.0957. The first-order valence-electron chi connectivity index (χ1n) is 7.60. The second-order valence-corrected chi connectivity index (χ2v) is 6.35. The molecular weight excluding hydrogens is 294 g/mol. The number of rotatable bonds is 7. The van der Waals surface area contributed by atoms with Gasteiger partial charge in [0, 0.05) is 24.2 Å². The largest absolute Gasteiger partial charge is 0.349 e. The third kappa shape index (κ3) is 3.47. The Labute approximate surface area is 135 Å². The molecule has 0 unspecified atom stereocenters. The number of nitrogens with one attached hydrogen (secondary N) is 1. The number of nitrogens with zero attached hydrogens (tertiary/aromatic N) is 2. The Balaban J connectivity index is 2.42. The third-order valence-corrected chi connectivity index (χ3v) is 4.41. The predicted molar refractivity (Wildman–Crippen MR) is 92.5 cm³/mol. The van der Waals surface area contributed by atoms with Gasteiger partial charge in [0.2, 0.25) is 0 Å². The highest BCUT2D eigenvalue weighted by Crippen LogP contribution is 2.27. The van der Waals surface area contributed by atoms with Crippen molar-refractivity contribution in [2.75, 3.05) is 6.54 Å². The van der Waals surface area contributed by atoms with Gasteiger partial charge in [-0.1, -0.05) is 19.4 Å². The summed E-state index contributed by atoms with van der Waals surface area (Å²) < 4.78 is 2.21. The molecule has 1 amide bonds. The third-order valence-electron chi connectivity index (χ3n) is 3.63. The number of carbonyl (C=O) groups excluding carboxylic acids is 1. The molecule has 0 aliphatic rings. The molecule has 1 N–H and O–H groups in total. The number of hydrogen-bond donors (Lipinski definition) is 1. The van der Waals surface area contributed by atoms with Crippen LogP contribution in [0.4, 0.5) is 0 Å². The lowest BCUT2D eigenvalue weighted by Crippen LogP contribution is -2.23. The molecule has 5 heteroatoms. The summed E-state index contributed by atoms with van der Waals surface area (Å²) in [6.45, 7) is 11.2. The molecule has 2 heterocycles. The maximum atomic E-state index is 12.3. The summed E-state index contributed by atoms with van der Waals surface area (Å²) in [6, 6.07) is 1.96. The van der Waals surface area contributed by atoms with Gasteiger partial charge in [-0.05, 0) is 26.3 Å². The van der Waals surface area contributed by atoms with E-state index in [-0.39, 0.29) is 5.91 Å². The minimum Gasteiger partial charge on any atom is -0.349 e. The predicted octanol–water partition coefficient (Wildman–Crippen LogP) is 3.94. The molecule has 0 saturated heterocycles. The van der Waals surface area contributed by atoms with E-state index in [4.69, 9.17) is 0 Å². The zero-order valence-corrected chi connectivity index (χ0v) is 14.3. The van der Waals surface area contributed by atoms with Gasteiger partial charge in [-0.25, -0.2) is 4.98 Å². The molecule has 0 aliphatic carbocycles. The van der Waals surface area contributed by atoms with E-state index in [0.717, 1.165) is 47.0 Å². The molecule has 0 aromatic carbocycles. The molecule has 2 aromatic rings. The first-order valence-corrected chi connectivity index (χ1v) is 8.48. The van der Waals surface area contributed by atoms with E-state index >= 15 is 0 Å². The SMILES string of the molecule is C=CCNC(=O)c1cc(-c2csc(C)n2)n(CCCC)c1C. The van der Waals surface area contributed by atoms with Gasteiger partial charge in [0.15, 0.2) is 0 Å². The maximum Gasteiger partial charge on any atom is 0.253 e. The standard InChI is InChI=1S/C17H23N3OS/c1-5-7-9-20-12(3)14(17(21)18-8-6-2)10-16(20)15-11-22-13(4)19-15/h6,10-11H,2,5,7-9H2,1,3-4H3,(H,18,21). The molecular formula is C17H23N3OS. The number of amides is 1. The van der Waals surface area contributed by atoms with Gasteiger partial charge in [-0.3, -0.25) is 4.79 Å². The molecule has 0 spiro atoms. The average Bonchev–Trinajstić information content (AvgIpc) is 3.06. The Morgan fingerprint density at radius 3 is 2.86 bits per heavy atom. The summed E-state index contributed by atoms with van der Waals surface area (Å²) in [7, 11) is 0. The Hall–Kier alpha value is -1.88. The fraction of sp³-hybridized carbons (Fsp3) is 0.412. The smallest absolute Gasteiger partial charge is 0.253 e.